The Balaban J connectivity index is 1.34. The highest BCUT2D eigenvalue weighted by atomic mass is 16.1. The molecule has 0 fully saturated rings. The molecule has 0 atom stereocenters. The zero-order valence-electron chi connectivity index (χ0n) is 14.6. The second kappa shape index (κ2) is 7.51. The molecule has 1 aromatic carbocycles. The number of nitrogens with one attached hydrogen (secondary N) is 1. The summed E-state index contributed by atoms with van der Waals surface area (Å²) in [4.78, 5) is 16.4. The van der Waals surface area contributed by atoms with E-state index >= 15 is 0 Å². The summed E-state index contributed by atoms with van der Waals surface area (Å²) < 4.78 is 4.12. The van der Waals surface area contributed by atoms with Gasteiger partial charge < -0.3 is 14.5 Å². The number of rotatable bonds is 5. The number of amides is 1. The number of aryl methyl sites for hydroxylation is 1. The average molecular weight is 350 g/mol. The maximum atomic E-state index is 12.3. The summed E-state index contributed by atoms with van der Waals surface area (Å²) in [7, 11) is 0. The number of carbonyl (C=O) groups excluding carboxylic acids is 1. The van der Waals surface area contributed by atoms with Gasteiger partial charge in [-0.15, -0.1) is 10.2 Å². The van der Waals surface area contributed by atoms with Gasteiger partial charge in [0.05, 0.1) is 6.33 Å². The first-order valence-electron chi connectivity index (χ1n) is 9.09. The van der Waals surface area contributed by atoms with Crippen LogP contribution in [0, 0.1) is 0 Å². The first-order valence-corrected chi connectivity index (χ1v) is 9.09. The van der Waals surface area contributed by atoms with E-state index in [2.05, 4.69) is 25.1 Å². The SMILES string of the molecule is O=C(NCCc1nnc2n1CCCCC2)c1ccc(-n2ccnc2)cc1. The summed E-state index contributed by atoms with van der Waals surface area (Å²) in [5.74, 6) is 1.98. The molecule has 3 aromatic rings. The fraction of sp³-hybridized carbons (Fsp3) is 0.368. The third-order valence-electron chi connectivity index (χ3n) is 4.75. The van der Waals surface area contributed by atoms with Crippen molar-refractivity contribution >= 4 is 5.91 Å². The van der Waals surface area contributed by atoms with E-state index in [1.54, 1.807) is 12.5 Å². The Bertz CT molecular complexity index is 866. The van der Waals surface area contributed by atoms with Crippen LogP contribution in [-0.2, 0) is 19.4 Å². The summed E-state index contributed by atoms with van der Waals surface area (Å²) >= 11 is 0. The molecule has 26 heavy (non-hydrogen) atoms. The van der Waals surface area contributed by atoms with Gasteiger partial charge in [-0.1, -0.05) is 6.42 Å². The van der Waals surface area contributed by atoms with E-state index in [1.165, 1.54) is 19.3 Å². The highest BCUT2D eigenvalue weighted by Gasteiger charge is 2.14. The molecular formula is C19H22N6O. The van der Waals surface area contributed by atoms with Gasteiger partial charge in [0.15, 0.2) is 0 Å². The predicted molar refractivity (Wildman–Crippen MR) is 97.2 cm³/mol. The Morgan fingerprint density at radius 2 is 2.00 bits per heavy atom. The first-order chi connectivity index (χ1) is 12.8. The van der Waals surface area contributed by atoms with Crippen LogP contribution in [0.4, 0.5) is 0 Å². The third kappa shape index (κ3) is 3.51. The third-order valence-corrected chi connectivity index (χ3v) is 4.75. The Labute approximate surface area is 152 Å². The van der Waals surface area contributed by atoms with Gasteiger partial charge in [0.2, 0.25) is 0 Å². The van der Waals surface area contributed by atoms with E-state index in [1.807, 2.05) is 35.0 Å². The van der Waals surface area contributed by atoms with Gasteiger partial charge in [-0.3, -0.25) is 4.79 Å². The molecule has 0 spiro atoms. The van der Waals surface area contributed by atoms with Crippen LogP contribution >= 0.6 is 0 Å². The van der Waals surface area contributed by atoms with Gasteiger partial charge in [-0.25, -0.2) is 4.98 Å². The van der Waals surface area contributed by atoms with Gasteiger partial charge in [0.1, 0.15) is 11.6 Å². The largest absolute Gasteiger partial charge is 0.352 e. The second-order valence-corrected chi connectivity index (χ2v) is 6.52. The molecule has 0 bridgehead atoms. The van der Waals surface area contributed by atoms with E-state index in [9.17, 15) is 4.79 Å². The highest BCUT2D eigenvalue weighted by molar-refractivity contribution is 5.94. The van der Waals surface area contributed by atoms with Crippen LogP contribution in [0.1, 0.15) is 41.3 Å². The number of fused-ring (bicyclic) bond motifs is 1. The summed E-state index contributed by atoms with van der Waals surface area (Å²) in [6.45, 7) is 1.54. The fourth-order valence-corrected chi connectivity index (χ4v) is 3.32. The van der Waals surface area contributed by atoms with Crippen LogP contribution < -0.4 is 5.32 Å². The van der Waals surface area contributed by atoms with E-state index in [-0.39, 0.29) is 5.91 Å². The summed E-state index contributed by atoms with van der Waals surface area (Å²) in [5, 5.41) is 11.6. The van der Waals surface area contributed by atoms with Gasteiger partial charge in [-0.05, 0) is 37.1 Å². The Morgan fingerprint density at radius 3 is 2.81 bits per heavy atom. The van der Waals surface area contributed by atoms with Crippen molar-refractivity contribution in [2.75, 3.05) is 6.54 Å². The minimum absolute atomic E-state index is 0.0715. The fourth-order valence-electron chi connectivity index (χ4n) is 3.32. The molecule has 1 aliphatic rings. The normalized spacial score (nSPS) is 13.8. The molecule has 1 aliphatic heterocycles. The average Bonchev–Trinajstić information content (AvgIpc) is 3.27. The number of aromatic nitrogens is 5. The van der Waals surface area contributed by atoms with Crippen molar-refractivity contribution in [3.63, 3.8) is 0 Å². The molecule has 0 saturated heterocycles. The summed E-state index contributed by atoms with van der Waals surface area (Å²) in [6.07, 6.45) is 10.6. The van der Waals surface area contributed by atoms with Crippen LogP contribution in [0.15, 0.2) is 43.0 Å². The zero-order valence-corrected chi connectivity index (χ0v) is 14.6. The molecule has 134 valence electrons. The van der Waals surface area contributed by atoms with Crippen LogP contribution in [0.5, 0.6) is 0 Å². The quantitative estimate of drug-likeness (QED) is 0.765. The maximum Gasteiger partial charge on any atom is 0.251 e. The maximum absolute atomic E-state index is 12.3. The number of nitrogens with zero attached hydrogens (tertiary/aromatic N) is 5. The van der Waals surface area contributed by atoms with Gasteiger partial charge in [0, 0.05) is 49.6 Å². The van der Waals surface area contributed by atoms with Crippen LogP contribution in [0.2, 0.25) is 0 Å². The minimum Gasteiger partial charge on any atom is -0.352 e. The number of hydrogen-bond donors (Lipinski definition) is 1. The summed E-state index contributed by atoms with van der Waals surface area (Å²) in [5.41, 5.74) is 1.62. The molecule has 0 unspecified atom stereocenters. The molecule has 7 nitrogen and oxygen atoms in total. The Kier molecular flexibility index (Phi) is 4.77. The van der Waals surface area contributed by atoms with Crippen molar-refractivity contribution in [3.8, 4) is 5.69 Å². The van der Waals surface area contributed by atoms with Crippen molar-refractivity contribution < 1.29 is 4.79 Å². The monoisotopic (exact) mass is 350 g/mol. The van der Waals surface area contributed by atoms with Gasteiger partial charge >= 0.3 is 0 Å². The highest BCUT2D eigenvalue weighted by Crippen LogP contribution is 2.14. The lowest BCUT2D eigenvalue weighted by Crippen LogP contribution is -2.26. The molecule has 2 aromatic heterocycles. The lowest BCUT2D eigenvalue weighted by atomic mass is 10.2. The standard InChI is InChI=1S/C19H22N6O/c26-19(15-5-7-16(8-6-15)24-13-11-20-14-24)21-10-9-18-23-22-17-4-2-1-3-12-25(17)18/h5-8,11,13-14H,1-4,9-10,12H2,(H,21,26). The molecule has 3 heterocycles. The van der Waals surface area contributed by atoms with E-state index in [4.69, 9.17) is 0 Å². The Hall–Kier alpha value is -2.96. The second-order valence-electron chi connectivity index (χ2n) is 6.52. The predicted octanol–water partition coefficient (Wildman–Crippen LogP) is 2.16. The lowest BCUT2D eigenvalue weighted by Gasteiger charge is -2.08. The van der Waals surface area contributed by atoms with Crippen LogP contribution in [-0.4, -0.2) is 36.8 Å². The number of imidazole rings is 1. The van der Waals surface area contributed by atoms with Crippen molar-refractivity contribution in [1.82, 2.24) is 29.6 Å². The van der Waals surface area contributed by atoms with Crippen LogP contribution in [0.25, 0.3) is 5.69 Å². The van der Waals surface area contributed by atoms with Crippen molar-refractivity contribution in [2.24, 2.45) is 0 Å². The summed E-state index contributed by atoms with van der Waals surface area (Å²) in [6, 6.07) is 7.48. The minimum atomic E-state index is -0.0715. The van der Waals surface area contributed by atoms with Gasteiger partial charge in [0.25, 0.3) is 5.91 Å². The topological polar surface area (TPSA) is 77.6 Å². The molecule has 0 saturated carbocycles. The van der Waals surface area contributed by atoms with E-state index < -0.39 is 0 Å². The molecule has 7 heteroatoms. The van der Waals surface area contributed by atoms with Crippen molar-refractivity contribution in [1.29, 1.82) is 0 Å². The smallest absolute Gasteiger partial charge is 0.251 e. The number of carbonyl (C=O) groups is 1. The molecule has 0 radical (unpaired) electrons. The molecule has 1 N–H and O–H groups in total. The molecular weight excluding hydrogens is 328 g/mol. The molecule has 4 rings (SSSR count). The first kappa shape index (κ1) is 16.5. The van der Waals surface area contributed by atoms with E-state index in [0.29, 0.717) is 18.5 Å². The molecule has 0 aliphatic carbocycles. The van der Waals surface area contributed by atoms with Crippen LogP contribution in [0.3, 0.4) is 0 Å². The number of benzene rings is 1. The zero-order chi connectivity index (χ0) is 17.8. The molecule has 1 amide bonds. The van der Waals surface area contributed by atoms with Crippen molar-refractivity contribution in [2.45, 2.75) is 38.6 Å². The Morgan fingerprint density at radius 1 is 1.12 bits per heavy atom. The van der Waals surface area contributed by atoms with Gasteiger partial charge in [-0.2, -0.15) is 0 Å². The lowest BCUT2D eigenvalue weighted by molar-refractivity contribution is 0.0954. The van der Waals surface area contributed by atoms with E-state index in [0.717, 1.165) is 30.3 Å². The van der Waals surface area contributed by atoms with Crippen molar-refractivity contribution in [3.05, 3.63) is 60.2 Å². The number of hydrogen-bond acceptors (Lipinski definition) is 4.